The monoisotopic (exact) mass is 581 g/mol. The number of halogens is 2. The second-order valence-corrected chi connectivity index (χ2v) is 10.7. The number of fused-ring (bicyclic) bond motifs is 1. The number of anilines is 1. The number of nitrogens with zero attached hydrogens (tertiary/aromatic N) is 5. The van der Waals surface area contributed by atoms with Crippen LogP contribution in [-0.2, 0) is 22.7 Å². The molecule has 2 heterocycles. The number of carbonyl (C=O) groups is 2. The van der Waals surface area contributed by atoms with Gasteiger partial charge in [-0.2, -0.15) is 13.8 Å². The van der Waals surface area contributed by atoms with E-state index < -0.39 is 12.3 Å². The van der Waals surface area contributed by atoms with Crippen molar-refractivity contribution in [3.63, 3.8) is 0 Å². The lowest BCUT2D eigenvalue weighted by atomic mass is 9.78. The highest BCUT2D eigenvalue weighted by atomic mass is 19.3. The largest absolute Gasteiger partial charge is 0.353 e. The molecule has 0 unspecified atom stereocenters. The summed E-state index contributed by atoms with van der Waals surface area (Å²) in [6.07, 6.45) is 0.111. The van der Waals surface area contributed by atoms with E-state index in [9.17, 15) is 18.4 Å². The zero-order valence-corrected chi connectivity index (χ0v) is 24.0. The molecule has 2 N–H and O–H groups in total. The van der Waals surface area contributed by atoms with Gasteiger partial charge in [-0.1, -0.05) is 42.8 Å². The van der Waals surface area contributed by atoms with Crippen molar-refractivity contribution in [2.75, 3.05) is 44.7 Å². The fourth-order valence-electron chi connectivity index (χ4n) is 5.34. The summed E-state index contributed by atoms with van der Waals surface area (Å²) >= 11 is 0. The standard InChI is InChI=1S/C30H37F2N7O3/c1-3-33-13-14-34-26(40)18-38(19-27(41)37(2)39-16-22-7-4-5-8-23(22)17-39)25-12-11-21(15-24(25)20-9-6-10-20)29-35-30(28(31)32)42-36-29/h4-5,7-8,11-12,15,20,28,33H,3,6,9-10,13-14,16-19H2,1-2H3,(H,34,40). The quantitative estimate of drug-likeness (QED) is 0.293. The molecule has 1 saturated carbocycles. The number of alkyl halides is 2. The average molecular weight is 582 g/mol. The minimum atomic E-state index is -2.86. The number of likely N-dealkylation sites (N-methyl/N-ethyl adjacent to an activating group) is 2. The van der Waals surface area contributed by atoms with Gasteiger partial charge in [0, 0.05) is 44.5 Å². The molecule has 12 heteroatoms. The summed E-state index contributed by atoms with van der Waals surface area (Å²) in [6, 6.07) is 13.5. The molecular formula is C30H37F2N7O3. The molecule has 0 bridgehead atoms. The number of rotatable bonds is 13. The van der Waals surface area contributed by atoms with E-state index in [1.54, 1.807) is 18.1 Å². The van der Waals surface area contributed by atoms with Crippen LogP contribution in [0.25, 0.3) is 11.4 Å². The van der Waals surface area contributed by atoms with Crippen LogP contribution in [0.5, 0.6) is 0 Å². The number of hydrazine groups is 1. The number of nitrogens with one attached hydrogen (secondary N) is 2. The first-order valence-electron chi connectivity index (χ1n) is 14.4. The Hall–Kier alpha value is -3.90. The van der Waals surface area contributed by atoms with E-state index in [0.717, 1.165) is 37.1 Å². The molecule has 2 aliphatic rings. The van der Waals surface area contributed by atoms with Crippen LogP contribution in [0.1, 0.15) is 61.1 Å². The normalized spacial score (nSPS) is 15.0. The Labute approximate surface area is 244 Å². The molecule has 2 aromatic carbocycles. The first-order chi connectivity index (χ1) is 20.3. The Bertz CT molecular complexity index is 1370. The lowest BCUT2D eigenvalue weighted by molar-refractivity contribution is -0.145. The molecule has 3 aromatic rings. The van der Waals surface area contributed by atoms with Gasteiger partial charge in [0.05, 0.1) is 13.1 Å². The van der Waals surface area contributed by atoms with E-state index in [2.05, 4.69) is 32.9 Å². The molecule has 1 aliphatic carbocycles. The van der Waals surface area contributed by atoms with Crippen molar-refractivity contribution >= 4 is 17.5 Å². The maximum Gasteiger partial charge on any atom is 0.315 e. The van der Waals surface area contributed by atoms with Gasteiger partial charge in [-0.3, -0.25) is 14.6 Å². The molecule has 0 spiro atoms. The van der Waals surface area contributed by atoms with E-state index >= 15 is 0 Å². The molecule has 42 heavy (non-hydrogen) atoms. The SMILES string of the molecule is CCNCCNC(=O)CN(CC(=O)N(C)N1Cc2ccccc2C1)c1ccc(-c2noc(C(F)F)n2)cc1C1CCC1. The van der Waals surface area contributed by atoms with E-state index in [1.807, 2.05) is 41.1 Å². The number of benzene rings is 2. The van der Waals surface area contributed by atoms with E-state index in [-0.39, 0.29) is 36.6 Å². The summed E-state index contributed by atoms with van der Waals surface area (Å²) in [5, 5.41) is 13.5. The fraction of sp³-hybridized carbons (Fsp3) is 0.467. The molecular weight excluding hydrogens is 544 g/mol. The third kappa shape index (κ3) is 6.76. The first-order valence-corrected chi connectivity index (χ1v) is 14.4. The number of amides is 2. The molecule has 2 amide bonds. The Kier molecular flexibility index (Phi) is 9.43. The highest BCUT2D eigenvalue weighted by molar-refractivity contribution is 5.87. The van der Waals surface area contributed by atoms with Crippen LogP contribution in [0.3, 0.4) is 0 Å². The molecule has 1 fully saturated rings. The number of aromatic nitrogens is 2. The number of carbonyl (C=O) groups excluding carboxylic acids is 2. The van der Waals surface area contributed by atoms with Crippen LogP contribution in [0.4, 0.5) is 14.5 Å². The van der Waals surface area contributed by atoms with Gasteiger partial charge in [-0.05, 0) is 60.2 Å². The molecule has 224 valence electrons. The summed E-state index contributed by atoms with van der Waals surface area (Å²) in [7, 11) is 1.76. The first kappa shape index (κ1) is 29.6. The van der Waals surface area contributed by atoms with Gasteiger partial charge >= 0.3 is 6.43 Å². The average Bonchev–Trinajstić information content (AvgIpc) is 3.62. The van der Waals surface area contributed by atoms with Crippen LogP contribution < -0.4 is 15.5 Å². The van der Waals surface area contributed by atoms with Crippen molar-refractivity contribution in [2.45, 2.75) is 51.6 Å². The van der Waals surface area contributed by atoms with Crippen molar-refractivity contribution in [1.82, 2.24) is 30.8 Å². The predicted molar refractivity (Wildman–Crippen MR) is 154 cm³/mol. The summed E-state index contributed by atoms with van der Waals surface area (Å²) < 4.78 is 30.9. The topological polar surface area (TPSA) is 107 Å². The van der Waals surface area contributed by atoms with Crippen LogP contribution in [0, 0.1) is 0 Å². The maximum atomic E-state index is 13.7. The second-order valence-electron chi connectivity index (χ2n) is 10.7. The Morgan fingerprint density at radius 2 is 1.83 bits per heavy atom. The summed E-state index contributed by atoms with van der Waals surface area (Å²) in [4.78, 5) is 32.4. The predicted octanol–water partition coefficient (Wildman–Crippen LogP) is 3.86. The fourth-order valence-corrected chi connectivity index (χ4v) is 5.34. The van der Waals surface area contributed by atoms with Gasteiger partial charge in [0.25, 0.3) is 11.8 Å². The van der Waals surface area contributed by atoms with E-state index in [1.165, 1.54) is 11.1 Å². The lowest BCUT2D eigenvalue weighted by Gasteiger charge is -2.35. The van der Waals surface area contributed by atoms with Gasteiger partial charge in [0.15, 0.2) is 0 Å². The Morgan fingerprint density at radius 1 is 1.10 bits per heavy atom. The van der Waals surface area contributed by atoms with Gasteiger partial charge < -0.3 is 20.1 Å². The molecule has 1 aromatic heterocycles. The van der Waals surface area contributed by atoms with E-state index in [0.29, 0.717) is 31.7 Å². The zero-order chi connectivity index (χ0) is 29.6. The van der Waals surface area contributed by atoms with Crippen molar-refractivity contribution < 1.29 is 22.9 Å². The van der Waals surface area contributed by atoms with Crippen molar-refractivity contribution in [3.8, 4) is 11.4 Å². The van der Waals surface area contributed by atoms with Crippen LogP contribution in [0.15, 0.2) is 47.0 Å². The van der Waals surface area contributed by atoms with Crippen molar-refractivity contribution in [1.29, 1.82) is 0 Å². The third-order valence-electron chi connectivity index (χ3n) is 7.94. The third-order valence-corrected chi connectivity index (χ3v) is 7.94. The number of hydrogen-bond donors (Lipinski definition) is 2. The second kappa shape index (κ2) is 13.4. The summed E-state index contributed by atoms with van der Waals surface area (Å²) in [6.45, 7) is 5.17. The van der Waals surface area contributed by atoms with Crippen LogP contribution in [-0.4, -0.2) is 71.7 Å². The molecule has 1 aliphatic heterocycles. The van der Waals surface area contributed by atoms with Gasteiger partial charge in [0.1, 0.15) is 0 Å². The maximum absolute atomic E-state index is 13.7. The van der Waals surface area contributed by atoms with Crippen molar-refractivity contribution in [2.24, 2.45) is 0 Å². The Balaban J connectivity index is 1.39. The van der Waals surface area contributed by atoms with Crippen LogP contribution >= 0.6 is 0 Å². The Morgan fingerprint density at radius 3 is 2.45 bits per heavy atom. The highest BCUT2D eigenvalue weighted by Gasteiger charge is 2.30. The molecule has 5 rings (SSSR count). The van der Waals surface area contributed by atoms with Crippen LogP contribution in [0.2, 0.25) is 0 Å². The highest BCUT2D eigenvalue weighted by Crippen LogP contribution is 2.42. The van der Waals surface area contributed by atoms with Crippen molar-refractivity contribution in [3.05, 3.63) is 65.0 Å². The van der Waals surface area contributed by atoms with Gasteiger partial charge in [-0.15, -0.1) is 0 Å². The summed E-state index contributed by atoms with van der Waals surface area (Å²) in [5.74, 6) is -0.782. The van der Waals surface area contributed by atoms with Gasteiger partial charge in [0.2, 0.25) is 11.7 Å². The molecule has 0 radical (unpaired) electrons. The minimum Gasteiger partial charge on any atom is -0.353 e. The zero-order valence-electron chi connectivity index (χ0n) is 24.0. The molecule has 10 nitrogen and oxygen atoms in total. The number of hydrogen-bond acceptors (Lipinski definition) is 8. The smallest absolute Gasteiger partial charge is 0.315 e. The molecule has 0 saturated heterocycles. The molecule has 0 atom stereocenters. The lowest BCUT2D eigenvalue weighted by Crippen LogP contribution is -2.48. The summed E-state index contributed by atoms with van der Waals surface area (Å²) in [5.41, 5.74) is 4.62. The van der Waals surface area contributed by atoms with E-state index in [4.69, 9.17) is 4.52 Å². The van der Waals surface area contributed by atoms with Gasteiger partial charge in [-0.25, -0.2) is 5.01 Å². The minimum absolute atomic E-state index is 0.0112.